The van der Waals surface area contributed by atoms with Gasteiger partial charge >= 0.3 is 7.48 Å². The molecule has 1 heterocycles. The maximum Gasteiger partial charge on any atom is 0.331 e. The molecule has 0 aliphatic carbocycles. The first-order chi connectivity index (χ1) is 9.03. The second-order valence-electron chi connectivity index (χ2n) is 6.08. The fraction of sp³-hybridized carbons (Fsp3) is 0.571. The molecule has 0 saturated heterocycles. The summed E-state index contributed by atoms with van der Waals surface area (Å²) in [4.78, 5) is 15.2. The summed E-state index contributed by atoms with van der Waals surface area (Å²) in [5, 5.41) is 2.61. The van der Waals surface area contributed by atoms with Gasteiger partial charge < -0.3 is 9.97 Å². The highest BCUT2D eigenvalue weighted by atomic mass is 31.0. The zero-order chi connectivity index (χ0) is 15.6. The van der Waals surface area contributed by atoms with Crippen LogP contribution < -0.4 is 10.8 Å². The molecule has 0 aliphatic rings. The molecule has 1 rings (SSSR count). The Labute approximate surface area is 124 Å². The van der Waals surface area contributed by atoms with Crippen molar-refractivity contribution in [3.63, 3.8) is 0 Å². The van der Waals surface area contributed by atoms with Crippen molar-refractivity contribution in [2.45, 2.75) is 52.3 Å². The van der Waals surface area contributed by atoms with Crippen molar-refractivity contribution >= 4 is 33.9 Å². The summed E-state index contributed by atoms with van der Waals surface area (Å²) in [6.07, 6.45) is 1.72. The number of carbonyl (C=O) groups excluding carboxylic acids is 1. The van der Waals surface area contributed by atoms with Crippen LogP contribution in [0.4, 0.5) is 5.82 Å². The smallest absolute Gasteiger partial charge is 0.331 e. The number of hydrogen-bond acceptors (Lipinski definition) is 3. The van der Waals surface area contributed by atoms with E-state index in [0.29, 0.717) is 5.82 Å². The zero-order valence-corrected chi connectivity index (χ0v) is 14.2. The van der Waals surface area contributed by atoms with Crippen molar-refractivity contribution in [3.05, 3.63) is 17.8 Å². The van der Waals surface area contributed by atoms with Crippen LogP contribution in [0.2, 0.25) is 0 Å². The van der Waals surface area contributed by atoms with E-state index in [1.165, 1.54) is 6.92 Å². The first-order valence-corrected chi connectivity index (χ1v) is 7.15. The Morgan fingerprint density at radius 3 is 2.50 bits per heavy atom. The summed E-state index contributed by atoms with van der Waals surface area (Å²) in [6.45, 7) is 11.7. The number of aromatic nitrogens is 1. The molecule has 0 saturated carbocycles. The number of aryl methyl sites for hydroxylation is 1. The lowest BCUT2D eigenvalue weighted by atomic mass is 9.82. The van der Waals surface area contributed by atoms with E-state index in [-0.39, 0.29) is 16.7 Å². The average Bonchev–Trinajstić information content (AvgIpc) is 2.27. The molecular weight excluding hydrogens is 270 g/mol. The van der Waals surface area contributed by atoms with Crippen LogP contribution in [0.5, 0.6) is 0 Å². The summed E-state index contributed by atoms with van der Waals surface area (Å²) in [5.74, 6) is 0.389. The Balaban J connectivity index is 2.85. The Morgan fingerprint density at radius 2 is 2.00 bits per heavy atom. The van der Waals surface area contributed by atoms with E-state index in [0.717, 1.165) is 11.0 Å². The lowest BCUT2D eigenvalue weighted by Crippen LogP contribution is -2.45. The van der Waals surface area contributed by atoms with Crippen LogP contribution in [0.15, 0.2) is 12.3 Å². The number of nitrogens with zero attached hydrogens (tertiary/aromatic N) is 1. The molecule has 1 amide bonds. The molecule has 20 heavy (non-hydrogen) atoms. The van der Waals surface area contributed by atoms with Gasteiger partial charge in [-0.3, -0.25) is 4.79 Å². The maximum atomic E-state index is 11.1. The fourth-order valence-corrected chi connectivity index (χ4v) is 1.35. The maximum absolute atomic E-state index is 11.1. The van der Waals surface area contributed by atoms with Gasteiger partial charge in [0.15, 0.2) is 0 Å². The van der Waals surface area contributed by atoms with Gasteiger partial charge in [-0.2, -0.15) is 0 Å². The quantitative estimate of drug-likeness (QED) is 0.667. The van der Waals surface area contributed by atoms with Crippen LogP contribution in [0.3, 0.4) is 0 Å². The SMILES string of the molecule is CC(=O)Nc1cc([B]OC(C)(C)C(C)(C)P)c(C)cn1. The van der Waals surface area contributed by atoms with Gasteiger partial charge in [0.2, 0.25) is 5.91 Å². The van der Waals surface area contributed by atoms with Gasteiger partial charge in [-0.15, -0.1) is 9.24 Å². The average molecular weight is 293 g/mol. The number of pyridine rings is 1. The Hall–Kier alpha value is -0.925. The summed E-state index contributed by atoms with van der Waals surface area (Å²) in [5.41, 5.74) is 1.57. The standard InChI is InChI=1S/C14H23BN2O2P/c1-9-8-16-12(17-10(2)18)7-11(9)15-19-13(3,4)14(5,6)20/h7-8H,20H2,1-6H3,(H,16,17,18). The second-order valence-corrected chi connectivity index (χ2v) is 7.52. The van der Waals surface area contributed by atoms with E-state index < -0.39 is 0 Å². The molecule has 4 nitrogen and oxygen atoms in total. The summed E-state index contributed by atoms with van der Waals surface area (Å²) >= 11 is 0. The van der Waals surface area contributed by atoms with Crippen molar-refractivity contribution in [2.75, 3.05) is 5.32 Å². The van der Waals surface area contributed by atoms with Crippen LogP contribution in [0, 0.1) is 6.92 Å². The predicted octanol–water partition coefficient (Wildman–Crippen LogP) is 2.04. The molecule has 1 aromatic heterocycles. The van der Waals surface area contributed by atoms with Crippen molar-refractivity contribution in [2.24, 2.45) is 0 Å². The lowest BCUT2D eigenvalue weighted by Gasteiger charge is -2.39. The predicted molar refractivity (Wildman–Crippen MR) is 87.6 cm³/mol. The van der Waals surface area contributed by atoms with Crippen LogP contribution >= 0.6 is 9.24 Å². The molecule has 1 aromatic rings. The van der Waals surface area contributed by atoms with E-state index >= 15 is 0 Å². The lowest BCUT2D eigenvalue weighted by molar-refractivity contribution is -0.114. The number of amides is 1. The van der Waals surface area contributed by atoms with Crippen molar-refractivity contribution in [1.82, 2.24) is 4.98 Å². The minimum Gasteiger partial charge on any atom is -0.429 e. The Morgan fingerprint density at radius 1 is 1.40 bits per heavy atom. The van der Waals surface area contributed by atoms with Crippen LogP contribution in [-0.4, -0.2) is 29.1 Å². The third-order valence-corrected chi connectivity index (χ3v) is 4.18. The molecule has 0 aromatic carbocycles. The van der Waals surface area contributed by atoms with Crippen molar-refractivity contribution in [3.8, 4) is 0 Å². The molecule has 1 radical (unpaired) electrons. The Bertz CT molecular complexity index is 498. The van der Waals surface area contributed by atoms with Gasteiger partial charge in [0.05, 0.1) is 5.60 Å². The van der Waals surface area contributed by atoms with Gasteiger partial charge in [0.25, 0.3) is 0 Å². The number of anilines is 1. The molecule has 6 heteroatoms. The van der Waals surface area contributed by atoms with Crippen molar-refractivity contribution < 1.29 is 9.45 Å². The number of nitrogens with one attached hydrogen (secondary N) is 1. The fourth-order valence-electron chi connectivity index (χ4n) is 1.28. The molecule has 109 valence electrons. The molecule has 0 bridgehead atoms. The monoisotopic (exact) mass is 293 g/mol. The molecule has 0 aliphatic heterocycles. The van der Waals surface area contributed by atoms with E-state index in [9.17, 15) is 4.79 Å². The van der Waals surface area contributed by atoms with E-state index in [1.54, 1.807) is 13.7 Å². The minimum absolute atomic E-state index is 0.0646. The molecule has 0 fully saturated rings. The number of rotatable bonds is 5. The van der Waals surface area contributed by atoms with E-state index in [2.05, 4.69) is 33.4 Å². The largest absolute Gasteiger partial charge is 0.429 e. The van der Waals surface area contributed by atoms with Gasteiger partial charge in [-0.1, -0.05) is 13.8 Å². The van der Waals surface area contributed by atoms with Crippen LogP contribution in [0.25, 0.3) is 0 Å². The van der Waals surface area contributed by atoms with Gasteiger partial charge in [0.1, 0.15) is 5.82 Å². The topological polar surface area (TPSA) is 51.2 Å². The first-order valence-electron chi connectivity index (χ1n) is 6.57. The third-order valence-electron chi connectivity index (χ3n) is 3.48. The normalized spacial score (nSPS) is 12.2. The summed E-state index contributed by atoms with van der Waals surface area (Å²) < 4.78 is 5.93. The highest BCUT2D eigenvalue weighted by molar-refractivity contribution is 7.19. The minimum atomic E-state index is -0.332. The highest BCUT2D eigenvalue weighted by Gasteiger charge is 2.33. The summed E-state index contributed by atoms with van der Waals surface area (Å²) in [7, 11) is 4.53. The summed E-state index contributed by atoms with van der Waals surface area (Å²) in [6, 6.07) is 1.81. The van der Waals surface area contributed by atoms with Gasteiger partial charge in [0, 0.05) is 18.3 Å². The van der Waals surface area contributed by atoms with E-state index in [1.807, 2.05) is 26.8 Å². The molecular formula is C14H23BN2O2P. The van der Waals surface area contributed by atoms with Gasteiger partial charge in [-0.25, -0.2) is 4.98 Å². The van der Waals surface area contributed by atoms with Crippen LogP contribution in [-0.2, 0) is 9.45 Å². The van der Waals surface area contributed by atoms with Crippen molar-refractivity contribution in [1.29, 1.82) is 0 Å². The highest BCUT2D eigenvalue weighted by Crippen LogP contribution is 2.33. The molecule has 0 spiro atoms. The molecule has 1 unspecified atom stereocenters. The second kappa shape index (κ2) is 6.23. The third kappa shape index (κ3) is 4.57. The van der Waals surface area contributed by atoms with Crippen LogP contribution in [0.1, 0.15) is 40.2 Å². The van der Waals surface area contributed by atoms with E-state index in [4.69, 9.17) is 4.65 Å². The number of hydrogen-bond donors (Lipinski definition) is 1. The molecule has 1 atom stereocenters. The Kier molecular flexibility index (Phi) is 5.34. The number of carbonyl (C=O) groups is 1. The molecule has 1 N–H and O–H groups in total. The first kappa shape index (κ1) is 17.1. The zero-order valence-electron chi connectivity index (χ0n) is 13.1. The van der Waals surface area contributed by atoms with Gasteiger partial charge in [-0.05, 0) is 37.9 Å².